The van der Waals surface area contributed by atoms with E-state index in [2.05, 4.69) is 0 Å². The van der Waals surface area contributed by atoms with Gasteiger partial charge in [0.25, 0.3) is 0 Å². The number of carbonyl (C=O) groups is 2. The Hall–Kier alpha value is -1.10. The number of ether oxygens (including phenoxy) is 2. The molecule has 0 spiro atoms. The molecule has 92 valence electrons. The minimum absolute atomic E-state index is 0.111. The predicted molar refractivity (Wildman–Crippen MR) is 57.8 cm³/mol. The zero-order valence-electron chi connectivity index (χ0n) is 10.2. The quantitative estimate of drug-likeness (QED) is 0.654. The Morgan fingerprint density at radius 3 is 2.19 bits per heavy atom. The fourth-order valence-electron chi connectivity index (χ4n) is 2.04. The minimum atomic E-state index is -0.358. The monoisotopic (exact) mass is 229 g/mol. The van der Waals surface area contributed by atoms with Gasteiger partial charge in [0.15, 0.2) is 0 Å². The van der Waals surface area contributed by atoms with Crippen LogP contribution in [-0.2, 0) is 19.1 Å². The second-order valence-corrected chi connectivity index (χ2v) is 4.28. The summed E-state index contributed by atoms with van der Waals surface area (Å²) in [6.07, 6.45) is 0.743. The van der Waals surface area contributed by atoms with Gasteiger partial charge in [-0.25, -0.2) is 0 Å². The lowest BCUT2D eigenvalue weighted by atomic mass is 9.93. The first-order valence-corrected chi connectivity index (χ1v) is 5.44. The van der Waals surface area contributed by atoms with E-state index >= 15 is 0 Å². The molecule has 5 heteroatoms. The predicted octanol–water partition coefficient (Wildman–Crippen LogP) is 0.431. The molecule has 1 rings (SSSR count). The summed E-state index contributed by atoms with van der Waals surface area (Å²) < 4.78 is 9.45. The summed E-state index contributed by atoms with van der Waals surface area (Å²) in [5.41, 5.74) is 0. The Labute approximate surface area is 95.7 Å². The fraction of sp³-hybridized carbons (Fsp3) is 0.818. The van der Waals surface area contributed by atoms with Gasteiger partial charge in [-0.15, -0.1) is 0 Å². The summed E-state index contributed by atoms with van der Waals surface area (Å²) in [5, 5.41) is 0. The van der Waals surface area contributed by atoms with E-state index in [1.54, 1.807) is 0 Å². The lowest BCUT2D eigenvalue weighted by molar-refractivity contribution is -0.163. The van der Waals surface area contributed by atoms with Gasteiger partial charge >= 0.3 is 11.9 Å². The lowest BCUT2D eigenvalue weighted by Crippen LogP contribution is -2.61. The molecule has 1 aliphatic rings. The van der Waals surface area contributed by atoms with Gasteiger partial charge in [0.05, 0.1) is 14.2 Å². The Morgan fingerprint density at radius 2 is 1.88 bits per heavy atom. The molecule has 0 saturated carbocycles. The molecule has 0 radical (unpaired) electrons. The van der Waals surface area contributed by atoms with Crippen LogP contribution in [0.2, 0.25) is 0 Å². The molecule has 0 aromatic rings. The van der Waals surface area contributed by atoms with Crippen LogP contribution in [0, 0.1) is 5.92 Å². The van der Waals surface area contributed by atoms with E-state index in [-0.39, 0.29) is 29.9 Å². The molecule has 1 heterocycles. The van der Waals surface area contributed by atoms with Gasteiger partial charge in [0, 0.05) is 6.54 Å². The molecule has 5 nitrogen and oxygen atoms in total. The van der Waals surface area contributed by atoms with E-state index in [9.17, 15) is 9.59 Å². The van der Waals surface area contributed by atoms with Crippen LogP contribution < -0.4 is 0 Å². The molecule has 1 aliphatic heterocycles. The van der Waals surface area contributed by atoms with Crippen molar-refractivity contribution in [2.24, 2.45) is 5.92 Å². The zero-order chi connectivity index (χ0) is 12.3. The molecule has 2 unspecified atom stereocenters. The average molecular weight is 229 g/mol. The van der Waals surface area contributed by atoms with Crippen molar-refractivity contribution in [3.8, 4) is 0 Å². The van der Waals surface area contributed by atoms with Gasteiger partial charge in [-0.2, -0.15) is 0 Å². The normalized spacial score (nSPS) is 22.4. The highest BCUT2D eigenvalue weighted by atomic mass is 16.5. The molecular weight excluding hydrogens is 210 g/mol. The van der Waals surface area contributed by atoms with E-state index in [4.69, 9.17) is 9.47 Å². The third-order valence-corrected chi connectivity index (χ3v) is 2.97. The minimum Gasteiger partial charge on any atom is -0.468 e. The van der Waals surface area contributed by atoms with E-state index in [0.717, 1.165) is 13.0 Å². The summed E-state index contributed by atoms with van der Waals surface area (Å²) in [6.45, 7) is 4.61. The van der Waals surface area contributed by atoms with Crippen LogP contribution in [-0.4, -0.2) is 49.7 Å². The first-order chi connectivity index (χ1) is 7.52. The van der Waals surface area contributed by atoms with Crippen LogP contribution in [0.5, 0.6) is 0 Å². The molecule has 2 atom stereocenters. The van der Waals surface area contributed by atoms with E-state index < -0.39 is 0 Å². The molecule has 0 aromatic heterocycles. The Morgan fingerprint density at radius 1 is 1.25 bits per heavy atom. The maximum Gasteiger partial charge on any atom is 0.323 e. The molecule has 16 heavy (non-hydrogen) atoms. The number of hydrogen-bond donors (Lipinski definition) is 0. The van der Waals surface area contributed by atoms with Crippen molar-refractivity contribution in [3.05, 3.63) is 0 Å². The Bertz CT molecular complexity index is 277. The summed E-state index contributed by atoms with van der Waals surface area (Å²) in [6, 6.07) is -0.653. The zero-order valence-corrected chi connectivity index (χ0v) is 10.2. The molecule has 0 N–H and O–H groups in total. The number of nitrogens with zero attached hydrogens (tertiary/aromatic N) is 1. The molecule has 1 saturated heterocycles. The number of hydrogen-bond acceptors (Lipinski definition) is 5. The van der Waals surface area contributed by atoms with Crippen LogP contribution in [0.25, 0.3) is 0 Å². The SMILES string of the molecule is COC(=O)C1CCN1C(C(=O)OC)C(C)C. The van der Waals surface area contributed by atoms with Gasteiger partial charge < -0.3 is 9.47 Å². The highest BCUT2D eigenvalue weighted by molar-refractivity contribution is 5.80. The summed E-state index contributed by atoms with van der Waals surface area (Å²) >= 11 is 0. The summed E-state index contributed by atoms with van der Waals surface area (Å²) in [5.74, 6) is -0.454. The van der Waals surface area contributed by atoms with Gasteiger partial charge in [0.2, 0.25) is 0 Å². The molecule has 0 aromatic carbocycles. The second kappa shape index (κ2) is 5.30. The van der Waals surface area contributed by atoms with Crippen molar-refractivity contribution < 1.29 is 19.1 Å². The van der Waals surface area contributed by atoms with Crippen LogP contribution in [0.3, 0.4) is 0 Å². The van der Waals surface area contributed by atoms with Crippen molar-refractivity contribution in [3.63, 3.8) is 0 Å². The largest absolute Gasteiger partial charge is 0.468 e. The number of carbonyl (C=O) groups excluding carboxylic acids is 2. The number of methoxy groups -OCH3 is 2. The van der Waals surface area contributed by atoms with Crippen LogP contribution in [0.4, 0.5) is 0 Å². The Balaban J connectivity index is 2.73. The van der Waals surface area contributed by atoms with Crippen molar-refractivity contribution in [2.75, 3.05) is 20.8 Å². The molecule has 0 amide bonds. The van der Waals surface area contributed by atoms with Crippen molar-refractivity contribution >= 4 is 11.9 Å². The van der Waals surface area contributed by atoms with Gasteiger partial charge in [-0.05, 0) is 12.3 Å². The van der Waals surface area contributed by atoms with Crippen LogP contribution >= 0.6 is 0 Å². The van der Waals surface area contributed by atoms with Crippen LogP contribution in [0.1, 0.15) is 20.3 Å². The average Bonchev–Trinajstić information content (AvgIpc) is 2.22. The van der Waals surface area contributed by atoms with Crippen molar-refractivity contribution in [2.45, 2.75) is 32.4 Å². The topological polar surface area (TPSA) is 55.8 Å². The maximum absolute atomic E-state index is 11.6. The lowest BCUT2D eigenvalue weighted by Gasteiger charge is -2.44. The molecule has 0 bridgehead atoms. The summed E-state index contributed by atoms with van der Waals surface area (Å²) in [7, 11) is 2.73. The third kappa shape index (κ3) is 2.35. The highest BCUT2D eigenvalue weighted by Gasteiger charge is 2.43. The maximum atomic E-state index is 11.6. The molecular formula is C11H19NO4. The van der Waals surface area contributed by atoms with Crippen molar-refractivity contribution in [1.82, 2.24) is 4.90 Å². The Kier molecular flexibility index (Phi) is 4.29. The van der Waals surface area contributed by atoms with E-state index in [1.165, 1.54) is 14.2 Å². The van der Waals surface area contributed by atoms with E-state index in [0.29, 0.717) is 0 Å². The van der Waals surface area contributed by atoms with Crippen molar-refractivity contribution in [1.29, 1.82) is 0 Å². The summed E-state index contributed by atoms with van der Waals surface area (Å²) in [4.78, 5) is 24.9. The number of rotatable bonds is 4. The number of likely N-dealkylation sites (tertiary alicyclic amines) is 1. The first kappa shape index (κ1) is 13.0. The smallest absolute Gasteiger partial charge is 0.323 e. The fourth-order valence-corrected chi connectivity index (χ4v) is 2.04. The van der Waals surface area contributed by atoms with Gasteiger partial charge in [-0.3, -0.25) is 14.5 Å². The third-order valence-electron chi connectivity index (χ3n) is 2.97. The first-order valence-electron chi connectivity index (χ1n) is 5.44. The standard InChI is InChI=1S/C11H19NO4/c1-7(2)9(11(14)16-4)12-6-5-8(12)10(13)15-3/h7-9H,5-6H2,1-4H3. The van der Waals surface area contributed by atoms with Gasteiger partial charge in [-0.1, -0.05) is 13.8 Å². The van der Waals surface area contributed by atoms with E-state index in [1.807, 2.05) is 18.7 Å². The van der Waals surface area contributed by atoms with Gasteiger partial charge in [0.1, 0.15) is 12.1 Å². The number of esters is 2. The second-order valence-electron chi connectivity index (χ2n) is 4.28. The molecule has 0 aliphatic carbocycles. The molecule has 1 fully saturated rings. The van der Waals surface area contributed by atoms with Crippen LogP contribution in [0.15, 0.2) is 0 Å². The highest BCUT2D eigenvalue weighted by Crippen LogP contribution is 2.26.